The van der Waals surface area contributed by atoms with Gasteiger partial charge in [0.2, 0.25) is 5.91 Å². The van der Waals surface area contributed by atoms with Crippen LogP contribution >= 0.6 is 0 Å². The normalized spacial score (nSPS) is 20.0. The van der Waals surface area contributed by atoms with Crippen LogP contribution in [0.15, 0.2) is 0 Å². The summed E-state index contributed by atoms with van der Waals surface area (Å²) in [6.07, 6.45) is 5.70. The molecule has 2 aliphatic heterocycles. The first-order chi connectivity index (χ1) is 12.4. The van der Waals surface area contributed by atoms with Crippen molar-refractivity contribution >= 4 is 17.9 Å². The molecule has 0 bridgehead atoms. The molecule has 0 aliphatic carbocycles. The number of methoxy groups -OCH3 is 1. The molecule has 0 saturated carbocycles. The number of rotatable bonds is 5. The van der Waals surface area contributed by atoms with Gasteiger partial charge < -0.3 is 19.9 Å². The van der Waals surface area contributed by atoms with Crippen LogP contribution in [0.1, 0.15) is 52.4 Å². The minimum Gasteiger partial charge on any atom is -0.467 e. The quantitative estimate of drug-likeness (QED) is 0.754. The van der Waals surface area contributed by atoms with Crippen LogP contribution in [0.2, 0.25) is 0 Å². The van der Waals surface area contributed by atoms with E-state index in [1.165, 1.54) is 13.5 Å². The molecule has 2 fully saturated rings. The molecule has 7 heteroatoms. The summed E-state index contributed by atoms with van der Waals surface area (Å²) in [7, 11) is 1.33. The minimum absolute atomic E-state index is 0.0360. The van der Waals surface area contributed by atoms with Crippen molar-refractivity contribution in [2.75, 3.05) is 33.3 Å². The maximum atomic E-state index is 12.4. The number of nitrogens with zero attached hydrogens (tertiary/aromatic N) is 2. The first kappa shape index (κ1) is 20.5. The summed E-state index contributed by atoms with van der Waals surface area (Å²) in [6.45, 7) is 6.78. The average Bonchev–Trinajstić information content (AvgIpc) is 2.66. The molecule has 2 heterocycles. The van der Waals surface area contributed by atoms with Gasteiger partial charge in [0.05, 0.1) is 7.11 Å². The second kappa shape index (κ2) is 9.78. The number of esters is 1. The molecule has 3 amide bonds. The Bertz CT molecular complexity index is 495. The van der Waals surface area contributed by atoms with Gasteiger partial charge in [-0.1, -0.05) is 13.8 Å². The number of carbonyl (C=O) groups is 3. The van der Waals surface area contributed by atoms with Crippen LogP contribution in [0.4, 0.5) is 4.79 Å². The van der Waals surface area contributed by atoms with E-state index < -0.39 is 12.0 Å². The highest BCUT2D eigenvalue weighted by atomic mass is 16.5. The molecule has 0 aromatic rings. The van der Waals surface area contributed by atoms with Crippen molar-refractivity contribution in [1.29, 1.82) is 0 Å². The Balaban J connectivity index is 1.77. The van der Waals surface area contributed by atoms with Crippen LogP contribution in [-0.2, 0) is 14.3 Å². The van der Waals surface area contributed by atoms with Gasteiger partial charge in [-0.25, -0.2) is 9.59 Å². The van der Waals surface area contributed by atoms with E-state index in [0.717, 1.165) is 38.8 Å². The van der Waals surface area contributed by atoms with Gasteiger partial charge in [0.1, 0.15) is 6.04 Å². The van der Waals surface area contributed by atoms with Crippen molar-refractivity contribution in [3.05, 3.63) is 0 Å². The first-order valence-electron chi connectivity index (χ1n) is 9.83. The molecule has 7 nitrogen and oxygen atoms in total. The number of carbonyl (C=O) groups excluding carboxylic acids is 3. The van der Waals surface area contributed by atoms with Crippen LogP contribution in [0.5, 0.6) is 0 Å². The van der Waals surface area contributed by atoms with Crippen molar-refractivity contribution in [3.63, 3.8) is 0 Å². The van der Waals surface area contributed by atoms with Crippen molar-refractivity contribution in [2.24, 2.45) is 11.8 Å². The summed E-state index contributed by atoms with van der Waals surface area (Å²) < 4.78 is 4.77. The van der Waals surface area contributed by atoms with E-state index in [2.05, 4.69) is 5.32 Å². The van der Waals surface area contributed by atoms with E-state index in [1.54, 1.807) is 4.90 Å². The summed E-state index contributed by atoms with van der Waals surface area (Å²) in [6, 6.07) is -0.860. The van der Waals surface area contributed by atoms with Crippen LogP contribution in [0, 0.1) is 11.8 Å². The Morgan fingerprint density at radius 2 is 1.62 bits per heavy atom. The van der Waals surface area contributed by atoms with Crippen LogP contribution < -0.4 is 5.32 Å². The molecular formula is C19H33N3O4. The Morgan fingerprint density at radius 3 is 2.15 bits per heavy atom. The largest absolute Gasteiger partial charge is 0.467 e. The number of amides is 3. The smallest absolute Gasteiger partial charge is 0.328 e. The Hall–Kier alpha value is -1.79. The van der Waals surface area contributed by atoms with E-state index in [4.69, 9.17) is 4.74 Å². The molecule has 0 spiro atoms. The SMILES string of the molecule is COC(=O)[C@@H](NC(=O)N1CCC(CC(=O)N2CCCCC2)CC1)C(C)C. The standard InChI is InChI=1S/C19H33N3O4/c1-14(2)17(18(24)26-3)20-19(25)22-11-7-15(8-12-22)13-16(23)21-9-5-4-6-10-21/h14-15,17H,4-13H2,1-3H3,(H,20,25)/t17-/m0/s1. The lowest BCUT2D eigenvalue weighted by atomic mass is 9.92. The molecule has 0 aromatic heterocycles. The summed E-state index contributed by atoms with van der Waals surface area (Å²) in [5, 5.41) is 2.78. The van der Waals surface area contributed by atoms with E-state index in [9.17, 15) is 14.4 Å². The minimum atomic E-state index is -0.633. The fourth-order valence-electron chi connectivity index (χ4n) is 3.71. The molecule has 0 aromatic carbocycles. The first-order valence-corrected chi connectivity index (χ1v) is 9.83. The van der Waals surface area contributed by atoms with Crippen molar-refractivity contribution in [2.45, 2.75) is 58.4 Å². The van der Waals surface area contributed by atoms with Crippen LogP contribution in [0.3, 0.4) is 0 Å². The average molecular weight is 367 g/mol. The van der Waals surface area contributed by atoms with Gasteiger partial charge in [-0.3, -0.25) is 4.79 Å². The molecular weight excluding hydrogens is 334 g/mol. The van der Waals surface area contributed by atoms with Crippen LogP contribution in [-0.4, -0.2) is 67.0 Å². The second-order valence-corrected chi connectivity index (χ2v) is 7.77. The molecule has 148 valence electrons. The number of hydrogen-bond donors (Lipinski definition) is 1. The van der Waals surface area contributed by atoms with Gasteiger partial charge >= 0.3 is 12.0 Å². The molecule has 0 radical (unpaired) electrons. The fraction of sp³-hybridized carbons (Fsp3) is 0.842. The molecule has 2 rings (SSSR count). The molecule has 2 aliphatic rings. The van der Waals surface area contributed by atoms with Gasteiger partial charge in [0.25, 0.3) is 0 Å². The number of ether oxygens (including phenoxy) is 1. The number of urea groups is 1. The van der Waals surface area contributed by atoms with Gasteiger partial charge in [0, 0.05) is 32.6 Å². The van der Waals surface area contributed by atoms with E-state index in [-0.39, 0.29) is 17.9 Å². The van der Waals surface area contributed by atoms with Gasteiger partial charge in [-0.05, 0) is 43.9 Å². The van der Waals surface area contributed by atoms with Crippen molar-refractivity contribution in [3.8, 4) is 0 Å². The highest BCUT2D eigenvalue weighted by Crippen LogP contribution is 2.23. The maximum absolute atomic E-state index is 12.4. The zero-order valence-corrected chi connectivity index (χ0v) is 16.3. The number of hydrogen-bond acceptors (Lipinski definition) is 4. The predicted molar refractivity (Wildman–Crippen MR) is 98.5 cm³/mol. The third-order valence-corrected chi connectivity index (χ3v) is 5.47. The topological polar surface area (TPSA) is 79.0 Å². The molecule has 1 N–H and O–H groups in total. The van der Waals surface area contributed by atoms with E-state index >= 15 is 0 Å². The van der Waals surface area contributed by atoms with E-state index in [1.807, 2.05) is 18.7 Å². The van der Waals surface area contributed by atoms with E-state index in [0.29, 0.717) is 25.4 Å². The molecule has 1 atom stereocenters. The Morgan fingerprint density at radius 1 is 1.00 bits per heavy atom. The summed E-state index contributed by atoms with van der Waals surface area (Å²) in [5.41, 5.74) is 0. The lowest BCUT2D eigenvalue weighted by Gasteiger charge is -2.34. The summed E-state index contributed by atoms with van der Waals surface area (Å²) >= 11 is 0. The molecule has 26 heavy (non-hydrogen) atoms. The highest BCUT2D eigenvalue weighted by Gasteiger charge is 2.30. The van der Waals surface area contributed by atoms with Gasteiger partial charge in [-0.2, -0.15) is 0 Å². The van der Waals surface area contributed by atoms with Gasteiger partial charge in [0.15, 0.2) is 0 Å². The molecule has 0 unspecified atom stereocenters. The third kappa shape index (κ3) is 5.61. The predicted octanol–water partition coefficient (Wildman–Crippen LogP) is 2.01. The highest BCUT2D eigenvalue weighted by molar-refractivity contribution is 5.83. The zero-order valence-electron chi connectivity index (χ0n) is 16.3. The Kier molecular flexibility index (Phi) is 7.72. The lowest BCUT2D eigenvalue weighted by molar-refractivity contribution is -0.144. The maximum Gasteiger partial charge on any atom is 0.328 e. The Labute approximate surface area is 156 Å². The zero-order chi connectivity index (χ0) is 19.1. The number of nitrogens with one attached hydrogen (secondary N) is 1. The van der Waals surface area contributed by atoms with Crippen LogP contribution in [0.25, 0.3) is 0 Å². The third-order valence-electron chi connectivity index (χ3n) is 5.47. The number of piperidine rings is 2. The second-order valence-electron chi connectivity index (χ2n) is 7.77. The fourth-order valence-corrected chi connectivity index (χ4v) is 3.71. The van der Waals surface area contributed by atoms with Crippen molar-refractivity contribution < 1.29 is 19.1 Å². The van der Waals surface area contributed by atoms with Gasteiger partial charge in [-0.15, -0.1) is 0 Å². The molecule has 2 saturated heterocycles. The number of likely N-dealkylation sites (tertiary alicyclic amines) is 2. The monoisotopic (exact) mass is 367 g/mol. The summed E-state index contributed by atoms with van der Waals surface area (Å²) in [4.78, 5) is 40.4. The lowest BCUT2D eigenvalue weighted by Crippen LogP contribution is -2.52. The summed E-state index contributed by atoms with van der Waals surface area (Å²) in [5.74, 6) is 0.148. The van der Waals surface area contributed by atoms with Crippen molar-refractivity contribution in [1.82, 2.24) is 15.1 Å².